The van der Waals surface area contributed by atoms with Gasteiger partial charge in [0.2, 0.25) is 0 Å². The van der Waals surface area contributed by atoms with Crippen LogP contribution in [0.3, 0.4) is 0 Å². The monoisotopic (exact) mass is 249 g/mol. The number of hydrogen-bond donors (Lipinski definition) is 1. The van der Waals surface area contributed by atoms with Crippen LogP contribution in [0.1, 0.15) is 36.2 Å². The molecule has 1 heterocycles. The molecule has 1 rings (SSSR count). The van der Waals surface area contributed by atoms with E-state index in [0.717, 1.165) is 18.5 Å². The summed E-state index contributed by atoms with van der Waals surface area (Å²) in [5, 5.41) is 0. The smallest absolute Gasteiger partial charge is 0.255 e. The quantitative estimate of drug-likeness (QED) is 0.837. The molecule has 0 saturated carbocycles. The van der Waals surface area contributed by atoms with Crippen molar-refractivity contribution in [3.05, 3.63) is 29.6 Å². The molecule has 0 fully saturated rings. The molecule has 0 radical (unpaired) electrons. The number of nitrogens with zero attached hydrogens (tertiary/aromatic N) is 2. The number of carbonyl (C=O) groups excluding carboxylic acids is 1. The van der Waals surface area contributed by atoms with Gasteiger partial charge in [-0.1, -0.05) is 13.8 Å². The number of aromatic nitrogens is 1. The molecule has 0 saturated heterocycles. The lowest BCUT2D eigenvalue weighted by Crippen LogP contribution is -2.36. The van der Waals surface area contributed by atoms with Gasteiger partial charge in [-0.05, 0) is 37.4 Å². The molecular formula is C14H23N3O. The number of carbonyl (C=O) groups is 1. The fourth-order valence-corrected chi connectivity index (χ4v) is 1.85. The van der Waals surface area contributed by atoms with Gasteiger partial charge in [-0.2, -0.15) is 0 Å². The molecule has 0 aliphatic rings. The predicted molar refractivity (Wildman–Crippen MR) is 73.4 cm³/mol. The first-order valence-corrected chi connectivity index (χ1v) is 6.45. The topological polar surface area (TPSA) is 59.2 Å². The van der Waals surface area contributed by atoms with Crippen LogP contribution in [0, 0.1) is 12.8 Å². The fourth-order valence-electron chi connectivity index (χ4n) is 1.85. The molecule has 1 amide bonds. The Hall–Kier alpha value is -1.42. The van der Waals surface area contributed by atoms with Gasteiger partial charge in [0, 0.05) is 25.5 Å². The minimum Gasteiger partial charge on any atom is -0.338 e. The SMILES string of the molecule is Cc1cncc(C(=O)N(CCCN)CC(C)C)c1. The number of nitrogens with two attached hydrogens (primary N) is 1. The maximum absolute atomic E-state index is 12.4. The zero-order valence-electron chi connectivity index (χ0n) is 11.5. The Bertz CT molecular complexity index is 390. The normalized spacial score (nSPS) is 10.7. The molecule has 2 N–H and O–H groups in total. The van der Waals surface area contributed by atoms with Crippen LogP contribution in [-0.2, 0) is 0 Å². The molecule has 0 atom stereocenters. The van der Waals surface area contributed by atoms with Crippen LogP contribution in [0.5, 0.6) is 0 Å². The lowest BCUT2D eigenvalue weighted by molar-refractivity contribution is 0.0734. The highest BCUT2D eigenvalue weighted by Gasteiger charge is 2.16. The Labute approximate surface area is 109 Å². The van der Waals surface area contributed by atoms with Crippen LogP contribution in [0.15, 0.2) is 18.5 Å². The van der Waals surface area contributed by atoms with Gasteiger partial charge in [-0.25, -0.2) is 0 Å². The van der Waals surface area contributed by atoms with Crippen molar-refractivity contribution < 1.29 is 4.79 Å². The van der Waals surface area contributed by atoms with Gasteiger partial charge in [0.05, 0.1) is 5.56 Å². The maximum atomic E-state index is 12.4. The number of pyridine rings is 1. The van der Waals surface area contributed by atoms with Gasteiger partial charge in [0.1, 0.15) is 0 Å². The molecule has 0 aliphatic heterocycles. The average Bonchev–Trinajstić information content (AvgIpc) is 2.33. The third-order valence-electron chi connectivity index (χ3n) is 2.63. The number of hydrogen-bond acceptors (Lipinski definition) is 3. The van der Waals surface area contributed by atoms with Crippen LogP contribution in [-0.4, -0.2) is 35.4 Å². The Morgan fingerprint density at radius 3 is 2.72 bits per heavy atom. The zero-order valence-corrected chi connectivity index (χ0v) is 11.5. The van der Waals surface area contributed by atoms with Crippen molar-refractivity contribution in [1.82, 2.24) is 9.88 Å². The summed E-state index contributed by atoms with van der Waals surface area (Å²) in [6.07, 6.45) is 4.21. The number of aryl methyl sites for hydroxylation is 1. The fraction of sp³-hybridized carbons (Fsp3) is 0.571. The second-order valence-corrected chi connectivity index (χ2v) is 5.04. The molecule has 18 heavy (non-hydrogen) atoms. The molecule has 0 aliphatic carbocycles. The Morgan fingerprint density at radius 1 is 1.44 bits per heavy atom. The summed E-state index contributed by atoms with van der Waals surface area (Å²) in [5.74, 6) is 0.498. The van der Waals surface area contributed by atoms with E-state index in [9.17, 15) is 4.79 Å². The van der Waals surface area contributed by atoms with Crippen molar-refractivity contribution in [1.29, 1.82) is 0 Å². The van der Waals surface area contributed by atoms with Gasteiger partial charge in [0.15, 0.2) is 0 Å². The average molecular weight is 249 g/mol. The molecular weight excluding hydrogens is 226 g/mol. The van der Waals surface area contributed by atoms with E-state index in [1.807, 2.05) is 17.9 Å². The van der Waals surface area contributed by atoms with E-state index in [2.05, 4.69) is 18.8 Å². The first kappa shape index (κ1) is 14.6. The summed E-state index contributed by atoms with van der Waals surface area (Å²) in [6.45, 7) is 8.23. The van der Waals surface area contributed by atoms with Crippen molar-refractivity contribution in [2.45, 2.75) is 27.2 Å². The van der Waals surface area contributed by atoms with E-state index in [-0.39, 0.29) is 5.91 Å². The second kappa shape index (κ2) is 7.11. The third kappa shape index (κ3) is 4.45. The van der Waals surface area contributed by atoms with Crippen LogP contribution in [0.4, 0.5) is 0 Å². The van der Waals surface area contributed by atoms with Gasteiger partial charge < -0.3 is 10.6 Å². The second-order valence-electron chi connectivity index (χ2n) is 5.04. The van der Waals surface area contributed by atoms with Crippen molar-refractivity contribution in [2.24, 2.45) is 11.7 Å². The van der Waals surface area contributed by atoms with Crippen molar-refractivity contribution in [3.63, 3.8) is 0 Å². The number of amides is 1. The predicted octanol–water partition coefficient (Wildman–Crippen LogP) is 1.84. The summed E-state index contributed by atoms with van der Waals surface area (Å²) < 4.78 is 0. The highest BCUT2D eigenvalue weighted by molar-refractivity contribution is 5.94. The van der Waals surface area contributed by atoms with Gasteiger partial charge in [-0.3, -0.25) is 9.78 Å². The molecule has 0 spiro atoms. The molecule has 4 heteroatoms. The van der Waals surface area contributed by atoms with Gasteiger partial charge >= 0.3 is 0 Å². The van der Waals surface area contributed by atoms with Crippen LogP contribution < -0.4 is 5.73 Å². The Kier molecular flexibility index (Phi) is 5.78. The summed E-state index contributed by atoms with van der Waals surface area (Å²) in [5.41, 5.74) is 7.18. The molecule has 4 nitrogen and oxygen atoms in total. The summed E-state index contributed by atoms with van der Waals surface area (Å²) in [6, 6.07) is 1.88. The molecule has 0 unspecified atom stereocenters. The van der Waals surface area contributed by atoms with E-state index < -0.39 is 0 Å². The van der Waals surface area contributed by atoms with E-state index in [0.29, 0.717) is 24.6 Å². The van der Waals surface area contributed by atoms with E-state index >= 15 is 0 Å². The van der Waals surface area contributed by atoms with Crippen molar-refractivity contribution >= 4 is 5.91 Å². The minimum atomic E-state index is 0.0494. The first-order valence-electron chi connectivity index (χ1n) is 6.45. The largest absolute Gasteiger partial charge is 0.338 e. The van der Waals surface area contributed by atoms with Crippen molar-refractivity contribution in [3.8, 4) is 0 Å². The van der Waals surface area contributed by atoms with Crippen LogP contribution >= 0.6 is 0 Å². The molecule has 1 aromatic rings. The Morgan fingerprint density at radius 2 is 2.17 bits per heavy atom. The van der Waals surface area contributed by atoms with E-state index in [1.54, 1.807) is 12.4 Å². The lowest BCUT2D eigenvalue weighted by Gasteiger charge is -2.24. The molecule has 0 aromatic carbocycles. The first-order chi connectivity index (χ1) is 8.54. The molecule has 100 valence electrons. The zero-order chi connectivity index (χ0) is 13.5. The van der Waals surface area contributed by atoms with Crippen LogP contribution in [0.25, 0.3) is 0 Å². The standard InChI is InChI=1S/C14H23N3O/c1-11(2)10-17(6-4-5-15)14(18)13-7-12(3)8-16-9-13/h7-9,11H,4-6,10,15H2,1-3H3. The highest BCUT2D eigenvalue weighted by atomic mass is 16.2. The lowest BCUT2D eigenvalue weighted by atomic mass is 10.1. The Balaban J connectivity index is 2.80. The molecule has 1 aromatic heterocycles. The maximum Gasteiger partial charge on any atom is 0.255 e. The van der Waals surface area contributed by atoms with Crippen LogP contribution in [0.2, 0.25) is 0 Å². The number of rotatable bonds is 6. The third-order valence-corrected chi connectivity index (χ3v) is 2.63. The highest BCUT2D eigenvalue weighted by Crippen LogP contribution is 2.09. The summed E-state index contributed by atoms with van der Waals surface area (Å²) in [7, 11) is 0. The van der Waals surface area contributed by atoms with Crippen molar-refractivity contribution in [2.75, 3.05) is 19.6 Å². The summed E-state index contributed by atoms with van der Waals surface area (Å²) >= 11 is 0. The van der Waals surface area contributed by atoms with Gasteiger partial charge in [-0.15, -0.1) is 0 Å². The minimum absolute atomic E-state index is 0.0494. The molecule has 0 bridgehead atoms. The van der Waals surface area contributed by atoms with E-state index in [4.69, 9.17) is 5.73 Å². The van der Waals surface area contributed by atoms with Gasteiger partial charge in [0.25, 0.3) is 5.91 Å². The van der Waals surface area contributed by atoms with E-state index in [1.165, 1.54) is 0 Å². The summed E-state index contributed by atoms with van der Waals surface area (Å²) in [4.78, 5) is 18.3.